The number of carbonyl (C=O) groups is 1. The molecule has 0 aromatic rings. The lowest BCUT2D eigenvalue weighted by atomic mass is 10.1. The lowest BCUT2D eigenvalue weighted by molar-refractivity contribution is -0.144. The molecule has 0 rings (SSSR count). The Morgan fingerprint density at radius 1 is 1.54 bits per heavy atom. The molecular formula is C9H20N2O2. The smallest absolute Gasteiger partial charge is 0.322 e. The van der Waals surface area contributed by atoms with Crippen LogP contribution < -0.4 is 5.73 Å². The van der Waals surface area contributed by atoms with Crippen molar-refractivity contribution in [2.75, 3.05) is 27.2 Å². The molecule has 0 aliphatic heterocycles. The van der Waals surface area contributed by atoms with Gasteiger partial charge in [0, 0.05) is 0 Å². The zero-order chi connectivity index (χ0) is 10.3. The van der Waals surface area contributed by atoms with Gasteiger partial charge in [0.1, 0.15) is 6.04 Å². The Labute approximate surface area is 80.0 Å². The average molecular weight is 188 g/mol. The van der Waals surface area contributed by atoms with Crippen molar-refractivity contribution in [3.05, 3.63) is 0 Å². The molecule has 1 atom stereocenters. The largest absolute Gasteiger partial charge is 0.465 e. The second-order valence-corrected chi connectivity index (χ2v) is 3.30. The Morgan fingerprint density at radius 3 is 2.62 bits per heavy atom. The van der Waals surface area contributed by atoms with Gasteiger partial charge in [-0.3, -0.25) is 4.79 Å². The Kier molecular flexibility index (Phi) is 6.54. The van der Waals surface area contributed by atoms with Crippen LogP contribution in [0.25, 0.3) is 0 Å². The summed E-state index contributed by atoms with van der Waals surface area (Å²) in [5.41, 5.74) is 5.60. The zero-order valence-corrected chi connectivity index (χ0v) is 8.75. The van der Waals surface area contributed by atoms with E-state index < -0.39 is 6.04 Å². The van der Waals surface area contributed by atoms with Crippen LogP contribution in [-0.2, 0) is 9.53 Å². The Hall–Kier alpha value is -0.610. The molecule has 0 aromatic heterocycles. The number of hydrogen-bond acceptors (Lipinski definition) is 4. The van der Waals surface area contributed by atoms with Crippen LogP contribution in [0.3, 0.4) is 0 Å². The summed E-state index contributed by atoms with van der Waals surface area (Å²) in [6.07, 6.45) is 1.62. The van der Waals surface area contributed by atoms with Crippen molar-refractivity contribution in [3.63, 3.8) is 0 Å². The van der Waals surface area contributed by atoms with E-state index in [1.807, 2.05) is 14.1 Å². The molecule has 0 fully saturated rings. The molecule has 0 amide bonds. The second kappa shape index (κ2) is 6.86. The maximum absolute atomic E-state index is 11.1. The van der Waals surface area contributed by atoms with Crippen molar-refractivity contribution in [1.29, 1.82) is 0 Å². The summed E-state index contributed by atoms with van der Waals surface area (Å²) in [5.74, 6) is -0.291. The molecule has 1 unspecified atom stereocenters. The van der Waals surface area contributed by atoms with Crippen molar-refractivity contribution >= 4 is 5.97 Å². The molecule has 0 radical (unpaired) electrons. The van der Waals surface area contributed by atoms with Gasteiger partial charge in [-0.25, -0.2) is 0 Å². The van der Waals surface area contributed by atoms with Gasteiger partial charge in [0.25, 0.3) is 0 Å². The standard InChI is InChI=1S/C9H20N2O2/c1-4-13-9(12)8(10)6-5-7-11(2)3/h8H,4-7,10H2,1-3H3. The van der Waals surface area contributed by atoms with Gasteiger partial charge in [-0.2, -0.15) is 0 Å². The van der Waals surface area contributed by atoms with E-state index >= 15 is 0 Å². The van der Waals surface area contributed by atoms with Crippen LogP contribution >= 0.6 is 0 Å². The van der Waals surface area contributed by atoms with E-state index in [-0.39, 0.29) is 5.97 Å². The number of rotatable bonds is 6. The maximum atomic E-state index is 11.1. The number of ether oxygens (including phenoxy) is 1. The summed E-state index contributed by atoms with van der Waals surface area (Å²) >= 11 is 0. The van der Waals surface area contributed by atoms with Crippen LogP contribution in [0.2, 0.25) is 0 Å². The van der Waals surface area contributed by atoms with E-state index in [9.17, 15) is 4.79 Å². The van der Waals surface area contributed by atoms with E-state index in [1.54, 1.807) is 6.92 Å². The van der Waals surface area contributed by atoms with E-state index in [2.05, 4.69) is 4.90 Å². The summed E-state index contributed by atoms with van der Waals surface area (Å²) < 4.78 is 4.78. The summed E-state index contributed by atoms with van der Waals surface area (Å²) in [6.45, 7) is 3.14. The number of hydrogen-bond donors (Lipinski definition) is 1. The highest BCUT2D eigenvalue weighted by Crippen LogP contribution is 1.97. The van der Waals surface area contributed by atoms with E-state index in [4.69, 9.17) is 10.5 Å². The summed E-state index contributed by atoms with van der Waals surface area (Å²) in [6, 6.07) is -0.458. The summed E-state index contributed by atoms with van der Waals surface area (Å²) in [7, 11) is 3.99. The van der Waals surface area contributed by atoms with Crippen LogP contribution in [0, 0.1) is 0 Å². The molecule has 4 nitrogen and oxygen atoms in total. The summed E-state index contributed by atoms with van der Waals surface area (Å²) in [4.78, 5) is 13.1. The van der Waals surface area contributed by atoms with Crippen molar-refractivity contribution in [2.45, 2.75) is 25.8 Å². The highest BCUT2D eigenvalue weighted by atomic mass is 16.5. The SMILES string of the molecule is CCOC(=O)C(N)CCCN(C)C. The van der Waals surface area contributed by atoms with Crippen molar-refractivity contribution in [1.82, 2.24) is 4.90 Å². The zero-order valence-electron chi connectivity index (χ0n) is 8.75. The first kappa shape index (κ1) is 12.4. The van der Waals surface area contributed by atoms with Crippen LogP contribution in [0.1, 0.15) is 19.8 Å². The van der Waals surface area contributed by atoms with Crippen molar-refractivity contribution in [2.24, 2.45) is 5.73 Å². The lowest BCUT2D eigenvalue weighted by Gasteiger charge is -2.12. The van der Waals surface area contributed by atoms with Gasteiger partial charge in [-0.05, 0) is 40.4 Å². The first-order valence-electron chi connectivity index (χ1n) is 4.64. The van der Waals surface area contributed by atoms with Crippen LogP contribution in [0.15, 0.2) is 0 Å². The normalized spacial score (nSPS) is 13.0. The molecule has 0 aliphatic carbocycles. The molecule has 0 saturated heterocycles. The monoisotopic (exact) mass is 188 g/mol. The predicted octanol–water partition coefficient (Wildman–Crippen LogP) is 0.219. The van der Waals surface area contributed by atoms with Gasteiger partial charge in [0.2, 0.25) is 0 Å². The molecule has 0 aromatic carbocycles. The van der Waals surface area contributed by atoms with Gasteiger partial charge in [0.05, 0.1) is 6.61 Å². The fourth-order valence-corrected chi connectivity index (χ4v) is 0.995. The molecule has 78 valence electrons. The topological polar surface area (TPSA) is 55.6 Å². The van der Waals surface area contributed by atoms with Crippen LogP contribution in [0.4, 0.5) is 0 Å². The first-order chi connectivity index (χ1) is 6.07. The van der Waals surface area contributed by atoms with Crippen LogP contribution in [-0.4, -0.2) is 44.2 Å². The van der Waals surface area contributed by atoms with Gasteiger partial charge >= 0.3 is 5.97 Å². The number of nitrogens with two attached hydrogens (primary N) is 1. The minimum Gasteiger partial charge on any atom is -0.465 e. The molecule has 0 heterocycles. The minimum atomic E-state index is -0.458. The predicted molar refractivity (Wildman–Crippen MR) is 52.4 cm³/mol. The number of esters is 1. The third-order valence-electron chi connectivity index (χ3n) is 1.71. The van der Waals surface area contributed by atoms with Crippen LogP contribution in [0.5, 0.6) is 0 Å². The average Bonchev–Trinajstić information content (AvgIpc) is 2.04. The molecule has 2 N–H and O–H groups in total. The molecule has 0 aliphatic rings. The van der Waals surface area contributed by atoms with Gasteiger partial charge in [-0.1, -0.05) is 0 Å². The number of carbonyl (C=O) groups excluding carboxylic acids is 1. The Bertz CT molecular complexity index is 149. The fraction of sp³-hybridized carbons (Fsp3) is 0.889. The molecule has 0 bridgehead atoms. The molecule has 13 heavy (non-hydrogen) atoms. The minimum absolute atomic E-state index is 0.291. The second-order valence-electron chi connectivity index (χ2n) is 3.30. The third-order valence-corrected chi connectivity index (χ3v) is 1.71. The van der Waals surface area contributed by atoms with E-state index in [0.29, 0.717) is 13.0 Å². The highest BCUT2D eigenvalue weighted by molar-refractivity contribution is 5.75. The Balaban J connectivity index is 3.49. The molecule has 0 spiro atoms. The molecule has 4 heteroatoms. The van der Waals surface area contributed by atoms with E-state index in [1.165, 1.54) is 0 Å². The van der Waals surface area contributed by atoms with Crippen molar-refractivity contribution in [3.8, 4) is 0 Å². The van der Waals surface area contributed by atoms with Gasteiger partial charge < -0.3 is 15.4 Å². The third kappa shape index (κ3) is 6.54. The van der Waals surface area contributed by atoms with E-state index in [0.717, 1.165) is 13.0 Å². The van der Waals surface area contributed by atoms with Crippen molar-refractivity contribution < 1.29 is 9.53 Å². The highest BCUT2D eigenvalue weighted by Gasteiger charge is 2.13. The quantitative estimate of drug-likeness (QED) is 0.606. The van der Waals surface area contributed by atoms with Gasteiger partial charge in [0.15, 0.2) is 0 Å². The maximum Gasteiger partial charge on any atom is 0.322 e. The molecular weight excluding hydrogens is 168 g/mol. The fourth-order valence-electron chi connectivity index (χ4n) is 0.995. The first-order valence-corrected chi connectivity index (χ1v) is 4.64. The number of nitrogens with zero attached hydrogens (tertiary/aromatic N) is 1. The lowest BCUT2D eigenvalue weighted by Crippen LogP contribution is -2.33. The summed E-state index contributed by atoms with van der Waals surface area (Å²) in [5, 5.41) is 0. The Morgan fingerprint density at radius 2 is 2.15 bits per heavy atom. The van der Waals surface area contributed by atoms with Gasteiger partial charge in [-0.15, -0.1) is 0 Å². The molecule has 0 saturated carbocycles.